The Morgan fingerprint density at radius 3 is 2.52 bits per heavy atom. The van der Waals surface area contributed by atoms with Crippen molar-refractivity contribution in [3.63, 3.8) is 0 Å². The van der Waals surface area contributed by atoms with E-state index in [0.29, 0.717) is 0 Å². The van der Waals surface area contributed by atoms with Crippen molar-refractivity contribution in [1.29, 1.82) is 0 Å². The standard InChI is InChI=1S/C14H19NO5S/c1-5-8-15(10(2)3)21(18,19)13-9-11(14(16)17)6-7-12(13)20-4/h5-7,9-10H,1,8H2,2-4H3,(H,16,17). The largest absolute Gasteiger partial charge is 0.495 e. The fourth-order valence-corrected chi connectivity index (χ4v) is 3.64. The molecule has 0 amide bonds. The van der Waals surface area contributed by atoms with Gasteiger partial charge in [0.15, 0.2) is 0 Å². The average Bonchev–Trinajstić information content (AvgIpc) is 2.43. The predicted octanol–water partition coefficient (Wildman–Crippen LogP) is 1.98. The van der Waals surface area contributed by atoms with Gasteiger partial charge in [-0.2, -0.15) is 4.31 Å². The number of methoxy groups -OCH3 is 1. The molecule has 0 radical (unpaired) electrons. The van der Waals surface area contributed by atoms with Crippen molar-refractivity contribution in [3.8, 4) is 5.75 Å². The smallest absolute Gasteiger partial charge is 0.335 e. The second kappa shape index (κ2) is 6.73. The lowest BCUT2D eigenvalue weighted by Crippen LogP contribution is -2.37. The number of hydrogen-bond acceptors (Lipinski definition) is 4. The quantitative estimate of drug-likeness (QED) is 0.778. The van der Waals surface area contributed by atoms with Gasteiger partial charge in [-0.25, -0.2) is 13.2 Å². The van der Waals surface area contributed by atoms with Crippen LogP contribution in [0.15, 0.2) is 35.7 Å². The fraction of sp³-hybridized carbons (Fsp3) is 0.357. The van der Waals surface area contributed by atoms with Crippen LogP contribution < -0.4 is 4.74 Å². The molecule has 0 atom stereocenters. The summed E-state index contributed by atoms with van der Waals surface area (Å²) in [5.74, 6) is -1.09. The zero-order valence-electron chi connectivity index (χ0n) is 12.2. The third kappa shape index (κ3) is 3.62. The molecule has 0 aliphatic heterocycles. The highest BCUT2D eigenvalue weighted by Gasteiger charge is 2.29. The summed E-state index contributed by atoms with van der Waals surface area (Å²) < 4.78 is 31.7. The monoisotopic (exact) mass is 313 g/mol. The van der Waals surface area contributed by atoms with Gasteiger partial charge in [-0.1, -0.05) is 6.08 Å². The number of benzene rings is 1. The van der Waals surface area contributed by atoms with Gasteiger partial charge >= 0.3 is 5.97 Å². The van der Waals surface area contributed by atoms with E-state index in [-0.39, 0.29) is 28.8 Å². The van der Waals surface area contributed by atoms with Crippen LogP contribution in [-0.4, -0.2) is 43.5 Å². The summed E-state index contributed by atoms with van der Waals surface area (Å²) in [5.41, 5.74) is -0.114. The first-order valence-corrected chi connectivity index (χ1v) is 7.73. The van der Waals surface area contributed by atoms with Crippen LogP contribution in [-0.2, 0) is 10.0 Å². The number of sulfonamides is 1. The Morgan fingerprint density at radius 2 is 2.10 bits per heavy atom. The third-order valence-corrected chi connectivity index (χ3v) is 4.95. The van der Waals surface area contributed by atoms with E-state index < -0.39 is 16.0 Å². The molecule has 0 aliphatic rings. The number of carbonyl (C=O) groups is 1. The van der Waals surface area contributed by atoms with Crippen molar-refractivity contribution in [2.75, 3.05) is 13.7 Å². The third-order valence-electron chi connectivity index (χ3n) is 2.88. The summed E-state index contributed by atoms with van der Waals surface area (Å²) in [6, 6.07) is 3.44. The van der Waals surface area contributed by atoms with Gasteiger partial charge in [-0.05, 0) is 32.0 Å². The van der Waals surface area contributed by atoms with Crippen LogP contribution in [0.4, 0.5) is 0 Å². The maximum absolute atomic E-state index is 12.7. The number of rotatable bonds is 7. The molecule has 116 valence electrons. The van der Waals surface area contributed by atoms with E-state index in [0.717, 1.165) is 6.07 Å². The zero-order chi connectivity index (χ0) is 16.2. The van der Waals surface area contributed by atoms with Crippen LogP contribution in [0, 0.1) is 0 Å². The first-order chi connectivity index (χ1) is 9.75. The highest BCUT2D eigenvalue weighted by molar-refractivity contribution is 7.89. The van der Waals surface area contributed by atoms with Crippen LogP contribution in [0.3, 0.4) is 0 Å². The van der Waals surface area contributed by atoms with Gasteiger partial charge in [-0.15, -0.1) is 6.58 Å². The van der Waals surface area contributed by atoms with Crippen LogP contribution >= 0.6 is 0 Å². The molecule has 1 aromatic carbocycles. The molecule has 0 bridgehead atoms. The molecule has 0 fully saturated rings. The molecule has 1 aromatic rings. The molecule has 6 nitrogen and oxygen atoms in total. The Kier molecular flexibility index (Phi) is 5.51. The summed E-state index contributed by atoms with van der Waals surface area (Å²) in [6.07, 6.45) is 1.48. The molecule has 0 saturated carbocycles. The summed E-state index contributed by atoms with van der Waals surface area (Å²) >= 11 is 0. The molecule has 7 heteroatoms. The maximum Gasteiger partial charge on any atom is 0.335 e. The lowest BCUT2D eigenvalue weighted by Gasteiger charge is -2.25. The Labute approximate surface area is 124 Å². The van der Waals surface area contributed by atoms with E-state index in [1.807, 2.05) is 0 Å². The first-order valence-electron chi connectivity index (χ1n) is 6.29. The summed E-state index contributed by atoms with van der Waals surface area (Å²) in [4.78, 5) is 10.9. The highest BCUT2D eigenvalue weighted by atomic mass is 32.2. The number of nitrogens with zero attached hydrogens (tertiary/aromatic N) is 1. The van der Waals surface area contributed by atoms with E-state index in [1.165, 1.54) is 29.6 Å². The molecular formula is C14H19NO5S. The number of carboxylic acid groups (broad SMARTS) is 1. The van der Waals surface area contributed by atoms with E-state index in [1.54, 1.807) is 13.8 Å². The SMILES string of the molecule is C=CCN(C(C)C)S(=O)(=O)c1cc(C(=O)O)ccc1OC. The van der Waals surface area contributed by atoms with Crippen molar-refractivity contribution in [3.05, 3.63) is 36.4 Å². The van der Waals surface area contributed by atoms with Gasteiger partial charge in [0.05, 0.1) is 12.7 Å². The number of aromatic carboxylic acids is 1. The molecule has 21 heavy (non-hydrogen) atoms. The normalized spacial score (nSPS) is 11.7. The fourth-order valence-electron chi connectivity index (χ4n) is 1.85. The molecule has 0 saturated heterocycles. The summed E-state index contributed by atoms with van der Waals surface area (Å²) in [5, 5.41) is 9.02. The molecule has 0 aromatic heterocycles. The van der Waals surface area contributed by atoms with Gasteiger partial charge in [0, 0.05) is 12.6 Å². The predicted molar refractivity (Wildman–Crippen MR) is 79.2 cm³/mol. The maximum atomic E-state index is 12.7. The van der Waals surface area contributed by atoms with Crippen LogP contribution in [0.2, 0.25) is 0 Å². The van der Waals surface area contributed by atoms with Crippen molar-refractivity contribution in [2.45, 2.75) is 24.8 Å². The van der Waals surface area contributed by atoms with Gasteiger partial charge in [0.25, 0.3) is 0 Å². The Balaban J connectivity index is 3.50. The molecule has 0 spiro atoms. The van der Waals surface area contributed by atoms with Crippen molar-refractivity contribution >= 4 is 16.0 Å². The second-order valence-corrected chi connectivity index (χ2v) is 6.49. The van der Waals surface area contributed by atoms with Crippen molar-refractivity contribution in [1.82, 2.24) is 4.31 Å². The minimum absolute atomic E-state index is 0.106. The Morgan fingerprint density at radius 1 is 1.48 bits per heavy atom. The topological polar surface area (TPSA) is 83.9 Å². The van der Waals surface area contributed by atoms with Crippen molar-refractivity contribution in [2.24, 2.45) is 0 Å². The number of ether oxygens (including phenoxy) is 1. The molecule has 1 N–H and O–H groups in total. The van der Waals surface area contributed by atoms with E-state index in [4.69, 9.17) is 9.84 Å². The Hall–Kier alpha value is -1.86. The number of carboxylic acids is 1. The average molecular weight is 313 g/mol. The van der Waals surface area contributed by atoms with Crippen LogP contribution in [0.5, 0.6) is 5.75 Å². The minimum Gasteiger partial charge on any atom is -0.495 e. The lowest BCUT2D eigenvalue weighted by atomic mass is 10.2. The first kappa shape index (κ1) is 17.2. The van der Waals surface area contributed by atoms with Gasteiger partial charge < -0.3 is 9.84 Å². The molecular weight excluding hydrogens is 294 g/mol. The summed E-state index contributed by atoms with van der Waals surface area (Å²) in [6.45, 7) is 7.13. The van der Waals surface area contributed by atoms with Gasteiger partial charge in [0.2, 0.25) is 10.0 Å². The summed E-state index contributed by atoms with van der Waals surface area (Å²) in [7, 11) is -2.55. The minimum atomic E-state index is -3.89. The molecule has 1 rings (SSSR count). The van der Waals surface area contributed by atoms with Gasteiger partial charge in [0.1, 0.15) is 10.6 Å². The van der Waals surface area contributed by atoms with Crippen molar-refractivity contribution < 1.29 is 23.1 Å². The van der Waals surface area contributed by atoms with Gasteiger partial charge in [-0.3, -0.25) is 0 Å². The van der Waals surface area contributed by atoms with Crippen LogP contribution in [0.25, 0.3) is 0 Å². The van der Waals surface area contributed by atoms with E-state index >= 15 is 0 Å². The molecule has 0 aliphatic carbocycles. The molecule has 0 heterocycles. The highest BCUT2D eigenvalue weighted by Crippen LogP contribution is 2.29. The lowest BCUT2D eigenvalue weighted by molar-refractivity contribution is 0.0696. The zero-order valence-corrected chi connectivity index (χ0v) is 13.1. The Bertz CT molecular complexity index is 637. The van der Waals surface area contributed by atoms with Crippen LogP contribution in [0.1, 0.15) is 24.2 Å². The molecule has 0 unspecified atom stereocenters. The second-order valence-electron chi connectivity index (χ2n) is 4.63. The van der Waals surface area contributed by atoms with E-state index in [9.17, 15) is 13.2 Å². The number of hydrogen-bond donors (Lipinski definition) is 1. The van der Waals surface area contributed by atoms with E-state index in [2.05, 4.69) is 6.58 Å².